The lowest BCUT2D eigenvalue weighted by atomic mass is 10.1. The normalized spacial score (nSPS) is 16.7. The second-order valence-electron chi connectivity index (χ2n) is 6.20. The summed E-state index contributed by atoms with van der Waals surface area (Å²) in [6.07, 6.45) is 4.93. The number of piperazine rings is 1. The average molecular weight is 296 g/mol. The van der Waals surface area contributed by atoms with Gasteiger partial charge in [0.15, 0.2) is 0 Å². The standard InChI is InChI=1S/C17H32N2O2/c1-5-16(4)18-9-11-19(12-10-18)17(20)8-14-21-13-6-7-15(2)3/h5,15H,6-14H2,1-4H3. The van der Waals surface area contributed by atoms with Crippen LogP contribution in [0.25, 0.3) is 0 Å². The summed E-state index contributed by atoms with van der Waals surface area (Å²) in [4.78, 5) is 16.4. The highest BCUT2D eigenvalue weighted by molar-refractivity contribution is 5.76. The van der Waals surface area contributed by atoms with Crippen molar-refractivity contribution < 1.29 is 9.53 Å². The van der Waals surface area contributed by atoms with E-state index in [1.165, 1.54) is 12.1 Å². The molecule has 1 aliphatic rings. The summed E-state index contributed by atoms with van der Waals surface area (Å²) in [6, 6.07) is 0. The van der Waals surface area contributed by atoms with Gasteiger partial charge in [-0.25, -0.2) is 0 Å². The third-order valence-electron chi connectivity index (χ3n) is 4.08. The molecule has 122 valence electrons. The second-order valence-corrected chi connectivity index (χ2v) is 6.20. The number of ether oxygens (including phenoxy) is 1. The molecule has 1 amide bonds. The number of carbonyl (C=O) groups excluding carboxylic acids is 1. The lowest BCUT2D eigenvalue weighted by molar-refractivity contribution is -0.133. The van der Waals surface area contributed by atoms with Gasteiger partial charge in [-0.1, -0.05) is 19.9 Å². The number of hydrogen-bond acceptors (Lipinski definition) is 3. The minimum atomic E-state index is 0.233. The summed E-state index contributed by atoms with van der Waals surface area (Å²) in [5, 5.41) is 0. The molecular weight excluding hydrogens is 264 g/mol. The summed E-state index contributed by atoms with van der Waals surface area (Å²) in [5.41, 5.74) is 1.30. The molecule has 1 saturated heterocycles. The molecule has 21 heavy (non-hydrogen) atoms. The number of hydrogen-bond donors (Lipinski definition) is 0. The van der Waals surface area contributed by atoms with Crippen LogP contribution >= 0.6 is 0 Å². The van der Waals surface area contributed by atoms with Crippen LogP contribution < -0.4 is 0 Å². The Labute approximate surface area is 130 Å². The molecule has 0 aliphatic carbocycles. The van der Waals surface area contributed by atoms with Crippen molar-refractivity contribution in [1.82, 2.24) is 9.80 Å². The van der Waals surface area contributed by atoms with Gasteiger partial charge < -0.3 is 14.5 Å². The van der Waals surface area contributed by atoms with Crippen LogP contribution in [0.3, 0.4) is 0 Å². The van der Waals surface area contributed by atoms with Gasteiger partial charge >= 0.3 is 0 Å². The molecule has 0 saturated carbocycles. The Bertz CT molecular complexity index is 332. The van der Waals surface area contributed by atoms with Gasteiger partial charge in [-0.3, -0.25) is 4.79 Å². The van der Waals surface area contributed by atoms with Crippen LogP contribution in [-0.2, 0) is 9.53 Å². The molecule has 0 aromatic rings. The first-order chi connectivity index (χ1) is 10.0. The molecule has 0 radical (unpaired) electrons. The van der Waals surface area contributed by atoms with E-state index in [4.69, 9.17) is 4.74 Å². The average Bonchev–Trinajstić information content (AvgIpc) is 2.49. The molecule has 0 aromatic carbocycles. The largest absolute Gasteiger partial charge is 0.381 e. The Hall–Kier alpha value is -1.03. The topological polar surface area (TPSA) is 32.8 Å². The molecule has 0 N–H and O–H groups in total. The highest BCUT2D eigenvalue weighted by Gasteiger charge is 2.20. The summed E-state index contributed by atoms with van der Waals surface area (Å²) in [6.45, 7) is 13.5. The maximum Gasteiger partial charge on any atom is 0.225 e. The van der Waals surface area contributed by atoms with Crippen molar-refractivity contribution in [3.63, 3.8) is 0 Å². The summed E-state index contributed by atoms with van der Waals surface area (Å²) >= 11 is 0. The van der Waals surface area contributed by atoms with Crippen LogP contribution in [-0.4, -0.2) is 55.1 Å². The Kier molecular flexibility index (Phi) is 8.43. The number of nitrogens with zero attached hydrogens (tertiary/aromatic N) is 2. The highest BCUT2D eigenvalue weighted by atomic mass is 16.5. The molecular formula is C17H32N2O2. The van der Waals surface area contributed by atoms with Crippen molar-refractivity contribution in [3.05, 3.63) is 11.8 Å². The van der Waals surface area contributed by atoms with Crippen LogP contribution in [0.1, 0.15) is 47.0 Å². The van der Waals surface area contributed by atoms with Gasteiger partial charge in [-0.2, -0.15) is 0 Å². The van der Waals surface area contributed by atoms with Crippen molar-refractivity contribution in [3.8, 4) is 0 Å². The molecule has 0 aromatic heterocycles. The lowest BCUT2D eigenvalue weighted by Gasteiger charge is -2.36. The Morgan fingerprint density at radius 3 is 2.33 bits per heavy atom. The number of carbonyl (C=O) groups is 1. The van der Waals surface area contributed by atoms with E-state index in [-0.39, 0.29) is 5.91 Å². The van der Waals surface area contributed by atoms with E-state index in [9.17, 15) is 4.79 Å². The van der Waals surface area contributed by atoms with Crippen molar-refractivity contribution in [2.24, 2.45) is 5.92 Å². The fourth-order valence-electron chi connectivity index (χ4n) is 2.50. The fraction of sp³-hybridized carbons (Fsp3) is 0.824. The van der Waals surface area contributed by atoms with Gasteiger partial charge in [-0.15, -0.1) is 0 Å². The van der Waals surface area contributed by atoms with E-state index in [0.717, 1.165) is 45.1 Å². The molecule has 0 bridgehead atoms. The van der Waals surface area contributed by atoms with Crippen LogP contribution in [0.2, 0.25) is 0 Å². The molecule has 1 heterocycles. The Morgan fingerprint density at radius 2 is 1.76 bits per heavy atom. The minimum absolute atomic E-state index is 0.233. The van der Waals surface area contributed by atoms with E-state index in [2.05, 4.69) is 38.7 Å². The van der Waals surface area contributed by atoms with E-state index in [0.29, 0.717) is 13.0 Å². The van der Waals surface area contributed by atoms with Crippen molar-refractivity contribution >= 4 is 5.91 Å². The zero-order chi connectivity index (χ0) is 15.7. The maximum atomic E-state index is 12.1. The fourth-order valence-corrected chi connectivity index (χ4v) is 2.50. The van der Waals surface area contributed by atoms with Gasteiger partial charge in [-0.05, 0) is 32.6 Å². The third-order valence-corrected chi connectivity index (χ3v) is 4.08. The van der Waals surface area contributed by atoms with Crippen molar-refractivity contribution in [2.45, 2.75) is 47.0 Å². The molecule has 0 atom stereocenters. The Balaban J connectivity index is 2.11. The van der Waals surface area contributed by atoms with E-state index in [1.54, 1.807) is 0 Å². The highest BCUT2D eigenvalue weighted by Crippen LogP contribution is 2.10. The Morgan fingerprint density at radius 1 is 1.14 bits per heavy atom. The zero-order valence-corrected chi connectivity index (χ0v) is 14.2. The molecule has 1 fully saturated rings. The lowest BCUT2D eigenvalue weighted by Crippen LogP contribution is -2.48. The van der Waals surface area contributed by atoms with Gasteiger partial charge in [0, 0.05) is 38.5 Å². The van der Waals surface area contributed by atoms with Crippen molar-refractivity contribution in [1.29, 1.82) is 0 Å². The monoisotopic (exact) mass is 296 g/mol. The van der Waals surface area contributed by atoms with Gasteiger partial charge in [0.25, 0.3) is 0 Å². The number of rotatable bonds is 8. The van der Waals surface area contributed by atoms with Crippen LogP contribution in [0.5, 0.6) is 0 Å². The first-order valence-electron chi connectivity index (χ1n) is 8.28. The number of amides is 1. The third kappa shape index (κ3) is 6.98. The maximum absolute atomic E-state index is 12.1. The SMILES string of the molecule is CC=C(C)N1CCN(C(=O)CCOCCCC(C)C)CC1. The van der Waals surface area contributed by atoms with Gasteiger partial charge in [0.05, 0.1) is 13.0 Å². The van der Waals surface area contributed by atoms with E-state index in [1.807, 2.05) is 4.90 Å². The molecule has 1 rings (SSSR count). The predicted molar refractivity (Wildman–Crippen MR) is 87.1 cm³/mol. The minimum Gasteiger partial charge on any atom is -0.381 e. The first-order valence-corrected chi connectivity index (χ1v) is 8.28. The molecule has 0 unspecified atom stereocenters. The van der Waals surface area contributed by atoms with Gasteiger partial charge in [0.1, 0.15) is 0 Å². The molecule has 1 aliphatic heterocycles. The molecule has 4 nitrogen and oxygen atoms in total. The quantitative estimate of drug-likeness (QED) is 0.646. The second kappa shape index (κ2) is 9.82. The van der Waals surface area contributed by atoms with E-state index < -0.39 is 0 Å². The van der Waals surface area contributed by atoms with Crippen LogP contribution in [0, 0.1) is 5.92 Å². The van der Waals surface area contributed by atoms with E-state index >= 15 is 0 Å². The zero-order valence-electron chi connectivity index (χ0n) is 14.2. The van der Waals surface area contributed by atoms with Gasteiger partial charge in [0.2, 0.25) is 5.91 Å². The van der Waals surface area contributed by atoms with Crippen LogP contribution in [0.15, 0.2) is 11.8 Å². The number of allylic oxidation sites excluding steroid dienone is 2. The smallest absolute Gasteiger partial charge is 0.225 e. The van der Waals surface area contributed by atoms with Crippen molar-refractivity contribution in [2.75, 3.05) is 39.4 Å². The molecule has 4 heteroatoms. The predicted octanol–water partition coefficient (Wildman–Crippen LogP) is 2.90. The summed E-state index contributed by atoms with van der Waals surface area (Å²) < 4.78 is 5.56. The molecule has 0 spiro atoms. The van der Waals surface area contributed by atoms with Crippen LogP contribution in [0.4, 0.5) is 0 Å². The first kappa shape index (κ1) is 18.0. The summed E-state index contributed by atoms with van der Waals surface area (Å²) in [7, 11) is 0. The summed E-state index contributed by atoms with van der Waals surface area (Å²) in [5.74, 6) is 0.962.